The van der Waals surface area contributed by atoms with Crippen LogP contribution in [-0.4, -0.2) is 29.0 Å². The third-order valence-corrected chi connectivity index (χ3v) is 7.13. The summed E-state index contributed by atoms with van der Waals surface area (Å²) in [5.41, 5.74) is 1.46. The molecule has 3 aromatic carbocycles. The van der Waals surface area contributed by atoms with Gasteiger partial charge in [0.15, 0.2) is 9.84 Å². The summed E-state index contributed by atoms with van der Waals surface area (Å²) in [5.74, 6) is -0.336. The zero-order valence-electron chi connectivity index (χ0n) is 16.9. The molecule has 0 aliphatic carbocycles. The number of hydrogen-bond acceptors (Lipinski definition) is 5. The van der Waals surface area contributed by atoms with E-state index in [1.807, 2.05) is 0 Å². The van der Waals surface area contributed by atoms with Crippen molar-refractivity contribution in [3.05, 3.63) is 90.0 Å². The van der Waals surface area contributed by atoms with E-state index in [2.05, 4.69) is 10.0 Å². The number of rotatable bonds is 7. The minimum Gasteiger partial charge on any atom is -0.346 e. The van der Waals surface area contributed by atoms with E-state index in [0.717, 1.165) is 11.8 Å². The molecule has 1 atom stereocenters. The molecule has 9 heteroatoms. The Kier molecular flexibility index (Phi) is 6.47. The first-order valence-electron chi connectivity index (χ1n) is 9.35. The van der Waals surface area contributed by atoms with Gasteiger partial charge in [0.05, 0.1) is 15.8 Å². The molecule has 0 saturated heterocycles. The van der Waals surface area contributed by atoms with E-state index in [1.54, 1.807) is 37.3 Å². The number of amides is 1. The first-order chi connectivity index (χ1) is 14.6. The van der Waals surface area contributed by atoms with E-state index >= 15 is 0 Å². The highest BCUT2D eigenvalue weighted by atomic mass is 32.2. The number of sulfonamides is 1. The van der Waals surface area contributed by atoms with Crippen molar-refractivity contribution in [2.24, 2.45) is 0 Å². The van der Waals surface area contributed by atoms with Crippen LogP contribution in [0.3, 0.4) is 0 Å². The molecule has 0 heterocycles. The fourth-order valence-corrected chi connectivity index (χ4v) is 4.58. The Balaban J connectivity index is 1.66. The number of carbonyl (C=O) groups excluding carboxylic acids is 1. The van der Waals surface area contributed by atoms with Gasteiger partial charge in [-0.3, -0.25) is 9.52 Å². The average Bonchev–Trinajstić information content (AvgIpc) is 2.74. The molecule has 0 aromatic heterocycles. The van der Waals surface area contributed by atoms with Gasteiger partial charge in [0, 0.05) is 17.5 Å². The van der Waals surface area contributed by atoms with E-state index in [-0.39, 0.29) is 21.7 Å². The highest BCUT2D eigenvalue weighted by Crippen LogP contribution is 2.19. The van der Waals surface area contributed by atoms with Gasteiger partial charge in [-0.05, 0) is 61.0 Å². The van der Waals surface area contributed by atoms with Crippen LogP contribution in [0.1, 0.15) is 28.9 Å². The summed E-state index contributed by atoms with van der Waals surface area (Å²) >= 11 is 0. The Bertz CT molecular complexity index is 1270. The standard InChI is InChI=1S/C22H22N2O5S2/c1-16(17-10-14-20(15-11-17)30(2,26)27)23-22(25)18-8-12-19(13-9-18)24-31(28,29)21-6-4-3-5-7-21/h3-16,24H,1-2H3,(H,23,25)/t16-/m0/s1. The summed E-state index contributed by atoms with van der Waals surface area (Å²) in [6.07, 6.45) is 1.14. The summed E-state index contributed by atoms with van der Waals surface area (Å²) in [5, 5.41) is 2.84. The molecule has 0 unspecified atom stereocenters. The monoisotopic (exact) mass is 458 g/mol. The molecule has 0 bridgehead atoms. The van der Waals surface area contributed by atoms with Crippen LogP contribution in [-0.2, 0) is 19.9 Å². The number of nitrogens with one attached hydrogen (secondary N) is 2. The highest BCUT2D eigenvalue weighted by molar-refractivity contribution is 7.92. The molecule has 0 radical (unpaired) electrons. The maximum atomic E-state index is 12.5. The fraction of sp³-hybridized carbons (Fsp3) is 0.136. The first-order valence-corrected chi connectivity index (χ1v) is 12.7. The lowest BCUT2D eigenvalue weighted by Gasteiger charge is -2.15. The highest BCUT2D eigenvalue weighted by Gasteiger charge is 2.15. The van der Waals surface area contributed by atoms with Gasteiger partial charge in [-0.2, -0.15) is 0 Å². The molecule has 0 aliphatic heterocycles. The second-order valence-electron chi connectivity index (χ2n) is 7.03. The van der Waals surface area contributed by atoms with Gasteiger partial charge < -0.3 is 5.32 Å². The molecular formula is C22H22N2O5S2. The second kappa shape index (κ2) is 8.91. The minimum atomic E-state index is -3.71. The number of sulfone groups is 1. The summed E-state index contributed by atoms with van der Waals surface area (Å²) in [7, 11) is -6.99. The van der Waals surface area contributed by atoms with Gasteiger partial charge in [-0.25, -0.2) is 16.8 Å². The lowest BCUT2D eigenvalue weighted by atomic mass is 10.1. The van der Waals surface area contributed by atoms with E-state index in [4.69, 9.17) is 0 Å². The lowest BCUT2D eigenvalue weighted by molar-refractivity contribution is 0.0940. The molecule has 0 fully saturated rings. The van der Waals surface area contributed by atoms with Crippen molar-refractivity contribution in [3.63, 3.8) is 0 Å². The predicted octanol–water partition coefficient (Wildman–Crippen LogP) is 3.38. The van der Waals surface area contributed by atoms with E-state index in [1.165, 1.54) is 48.5 Å². The average molecular weight is 459 g/mol. The van der Waals surface area contributed by atoms with Crippen LogP contribution in [0.25, 0.3) is 0 Å². The lowest BCUT2D eigenvalue weighted by Crippen LogP contribution is -2.26. The third-order valence-electron chi connectivity index (χ3n) is 4.61. The molecule has 1 amide bonds. The predicted molar refractivity (Wildman–Crippen MR) is 119 cm³/mol. The third kappa shape index (κ3) is 5.71. The summed E-state index contributed by atoms with van der Waals surface area (Å²) in [4.78, 5) is 12.9. The molecule has 0 spiro atoms. The molecule has 162 valence electrons. The Labute approximate surface area is 182 Å². The molecule has 0 saturated carbocycles. The van der Waals surface area contributed by atoms with Crippen LogP contribution < -0.4 is 10.0 Å². The van der Waals surface area contributed by atoms with Crippen molar-refractivity contribution in [2.75, 3.05) is 11.0 Å². The van der Waals surface area contributed by atoms with Crippen LogP contribution in [0.4, 0.5) is 5.69 Å². The van der Waals surface area contributed by atoms with Gasteiger partial charge in [0.1, 0.15) is 0 Å². The molecule has 0 aliphatic rings. The Morgan fingerprint density at radius 1 is 0.774 bits per heavy atom. The molecule has 7 nitrogen and oxygen atoms in total. The second-order valence-corrected chi connectivity index (χ2v) is 10.7. The first kappa shape index (κ1) is 22.5. The molecular weight excluding hydrogens is 436 g/mol. The fourth-order valence-electron chi connectivity index (χ4n) is 2.87. The topological polar surface area (TPSA) is 109 Å². The van der Waals surface area contributed by atoms with Gasteiger partial charge >= 0.3 is 0 Å². The van der Waals surface area contributed by atoms with Crippen LogP contribution in [0.2, 0.25) is 0 Å². The smallest absolute Gasteiger partial charge is 0.261 e. The summed E-state index contributed by atoms with van der Waals surface area (Å²) in [6.45, 7) is 1.79. The number of carbonyl (C=O) groups is 1. The van der Waals surface area contributed by atoms with Crippen LogP contribution in [0, 0.1) is 0 Å². The van der Waals surface area contributed by atoms with E-state index in [0.29, 0.717) is 11.3 Å². The van der Waals surface area contributed by atoms with Crippen molar-refractivity contribution in [1.29, 1.82) is 0 Å². The molecule has 31 heavy (non-hydrogen) atoms. The van der Waals surface area contributed by atoms with Gasteiger partial charge in [0.2, 0.25) is 0 Å². The maximum absolute atomic E-state index is 12.5. The van der Waals surface area contributed by atoms with Crippen LogP contribution in [0.5, 0.6) is 0 Å². The van der Waals surface area contributed by atoms with Crippen molar-refractivity contribution < 1.29 is 21.6 Å². The van der Waals surface area contributed by atoms with Crippen molar-refractivity contribution in [3.8, 4) is 0 Å². The van der Waals surface area contributed by atoms with Gasteiger partial charge in [-0.1, -0.05) is 30.3 Å². The Hall–Kier alpha value is -3.17. The Morgan fingerprint density at radius 3 is 1.90 bits per heavy atom. The van der Waals surface area contributed by atoms with Gasteiger partial charge in [0.25, 0.3) is 15.9 Å². The normalized spacial score (nSPS) is 12.7. The molecule has 2 N–H and O–H groups in total. The van der Waals surface area contributed by atoms with Crippen LogP contribution in [0.15, 0.2) is 88.7 Å². The Morgan fingerprint density at radius 2 is 1.35 bits per heavy atom. The molecule has 3 aromatic rings. The summed E-state index contributed by atoms with van der Waals surface area (Å²) < 4.78 is 50.4. The molecule has 3 rings (SSSR count). The largest absolute Gasteiger partial charge is 0.346 e. The zero-order valence-corrected chi connectivity index (χ0v) is 18.6. The number of benzene rings is 3. The minimum absolute atomic E-state index is 0.146. The van der Waals surface area contributed by atoms with Crippen molar-refractivity contribution >= 4 is 31.5 Å². The van der Waals surface area contributed by atoms with Gasteiger partial charge in [-0.15, -0.1) is 0 Å². The number of hydrogen-bond donors (Lipinski definition) is 2. The zero-order chi connectivity index (χ0) is 22.6. The quantitative estimate of drug-likeness (QED) is 0.564. The van der Waals surface area contributed by atoms with Crippen LogP contribution >= 0.6 is 0 Å². The SMILES string of the molecule is C[C@H](NC(=O)c1ccc(NS(=O)(=O)c2ccccc2)cc1)c1ccc(S(C)(=O)=O)cc1. The summed E-state index contributed by atoms with van der Waals surface area (Å²) in [6, 6.07) is 20.0. The van der Waals surface area contributed by atoms with Crippen molar-refractivity contribution in [1.82, 2.24) is 5.32 Å². The maximum Gasteiger partial charge on any atom is 0.261 e. The van der Waals surface area contributed by atoms with Crippen molar-refractivity contribution in [2.45, 2.75) is 22.8 Å². The van der Waals surface area contributed by atoms with E-state index in [9.17, 15) is 21.6 Å². The number of anilines is 1. The van der Waals surface area contributed by atoms with E-state index < -0.39 is 19.9 Å².